The molecule has 0 bridgehead atoms. The summed E-state index contributed by atoms with van der Waals surface area (Å²) in [7, 11) is 0. The molecule has 0 saturated heterocycles. The lowest BCUT2D eigenvalue weighted by Gasteiger charge is -2.62. The van der Waals surface area contributed by atoms with Gasteiger partial charge in [-0.2, -0.15) is 0 Å². The van der Waals surface area contributed by atoms with Crippen molar-refractivity contribution >= 4 is 11.9 Å². The molecule has 0 unspecified atom stereocenters. The fourth-order valence-electron chi connectivity index (χ4n) is 8.63. The maximum atomic E-state index is 11.7. The summed E-state index contributed by atoms with van der Waals surface area (Å²) in [6, 6.07) is 0. The van der Waals surface area contributed by atoms with Crippen molar-refractivity contribution in [1.82, 2.24) is 0 Å². The van der Waals surface area contributed by atoms with E-state index in [0.29, 0.717) is 29.1 Å². The zero-order chi connectivity index (χ0) is 21.9. The molecule has 30 heavy (non-hydrogen) atoms. The van der Waals surface area contributed by atoms with Gasteiger partial charge >= 0.3 is 11.9 Å². The molecule has 0 radical (unpaired) electrons. The Morgan fingerprint density at radius 2 is 1.63 bits per heavy atom. The SMILES string of the molecule is CC(=O)O[C@@H]1CC[C@@]2(C)[C@H](CC[C@H]3[C@H]4CC[C@@](O)([C@@H](C)OC(C)=O)[C@@]4(C)CC[C@@H]32)C1. The Morgan fingerprint density at radius 3 is 2.30 bits per heavy atom. The first kappa shape index (κ1) is 22.1. The second-order valence-electron chi connectivity index (χ2n) is 11.3. The zero-order valence-electron chi connectivity index (χ0n) is 19.4. The zero-order valence-corrected chi connectivity index (χ0v) is 19.4. The summed E-state index contributed by atoms with van der Waals surface area (Å²) in [6.07, 6.45) is 9.02. The first-order valence-corrected chi connectivity index (χ1v) is 12.1. The molecule has 0 aromatic heterocycles. The topological polar surface area (TPSA) is 72.8 Å². The summed E-state index contributed by atoms with van der Waals surface area (Å²) in [5.74, 6) is 1.96. The Bertz CT molecular complexity index is 706. The number of rotatable bonds is 3. The van der Waals surface area contributed by atoms with Crippen molar-refractivity contribution in [2.24, 2.45) is 34.5 Å². The molecule has 5 nitrogen and oxygen atoms in total. The molecule has 4 aliphatic carbocycles. The van der Waals surface area contributed by atoms with Gasteiger partial charge < -0.3 is 14.6 Å². The molecule has 0 aromatic rings. The van der Waals surface area contributed by atoms with Crippen LogP contribution in [0, 0.1) is 34.5 Å². The first-order valence-electron chi connectivity index (χ1n) is 12.1. The molecule has 1 N–H and O–H groups in total. The minimum Gasteiger partial charge on any atom is -0.463 e. The summed E-state index contributed by atoms with van der Waals surface area (Å²) in [5, 5.41) is 11.7. The lowest BCUT2D eigenvalue weighted by atomic mass is 9.44. The molecule has 4 saturated carbocycles. The van der Waals surface area contributed by atoms with E-state index in [4.69, 9.17) is 9.47 Å². The quantitative estimate of drug-likeness (QED) is 0.673. The largest absolute Gasteiger partial charge is 0.463 e. The number of fused-ring (bicyclic) bond motifs is 5. The number of carbonyl (C=O) groups excluding carboxylic acids is 2. The molecule has 0 aromatic carbocycles. The third-order valence-corrected chi connectivity index (χ3v) is 10.2. The van der Waals surface area contributed by atoms with E-state index in [9.17, 15) is 14.7 Å². The van der Waals surface area contributed by atoms with Crippen molar-refractivity contribution in [3.8, 4) is 0 Å². The van der Waals surface area contributed by atoms with Gasteiger partial charge in [-0.05, 0) is 93.8 Å². The van der Waals surface area contributed by atoms with Crippen molar-refractivity contribution in [2.75, 3.05) is 0 Å². The molecule has 4 fully saturated rings. The third-order valence-electron chi connectivity index (χ3n) is 10.2. The summed E-state index contributed by atoms with van der Waals surface area (Å²) >= 11 is 0. The van der Waals surface area contributed by atoms with Crippen LogP contribution in [0.3, 0.4) is 0 Å². The van der Waals surface area contributed by atoms with Crippen LogP contribution in [0.15, 0.2) is 0 Å². The van der Waals surface area contributed by atoms with Gasteiger partial charge in [-0.25, -0.2) is 0 Å². The number of hydrogen-bond acceptors (Lipinski definition) is 5. The van der Waals surface area contributed by atoms with Gasteiger partial charge in [0.25, 0.3) is 0 Å². The van der Waals surface area contributed by atoms with Crippen molar-refractivity contribution < 1.29 is 24.2 Å². The van der Waals surface area contributed by atoms with Crippen LogP contribution < -0.4 is 0 Å². The molecule has 9 atom stereocenters. The molecule has 0 spiro atoms. The second-order valence-corrected chi connectivity index (χ2v) is 11.3. The Kier molecular flexibility index (Phi) is 5.52. The van der Waals surface area contributed by atoms with Crippen LogP contribution in [-0.2, 0) is 19.1 Å². The minimum atomic E-state index is -0.932. The van der Waals surface area contributed by atoms with Gasteiger partial charge in [0.05, 0.1) is 0 Å². The van der Waals surface area contributed by atoms with E-state index < -0.39 is 11.7 Å². The lowest BCUT2D eigenvalue weighted by molar-refractivity contribution is -0.201. The highest BCUT2D eigenvalue weighted by Gasteiger charge is 2.66. The van der Waals surface area contributed by atoms with Crippen LogP contribution in [0.4, 0.5) is 0 Å². The predicted octanol–water partition coefficient (Wildman–Crippen LogP) is 4.64. The maximum Gasteiger partial charge on any atom is 0.302 e. The van der Waals surface area contributed by atoms with Gasteiger partial charge in [-0.15, -0.1) is 0 Å². The summed E-state index contributed by atoms with van der Waals surface area (Å²) < 4.78 is 11.1. The van der Waals surface area contributed by atoms with Gasteiger partial charge in [-0.3, -0.25) is 9.59 Å². The fourth-order valence-corrected chi connectivity index (χ4v) is 8.63. The van der Waals surface area contributed by atoms with Crippen LogP contribution in [0.1, 0.15) is 92.4 Å². The van der Waals surface area contributed by atoms with Crippen molar-refractivity contribution in [1.29, 1.82) is 0 Å². The van der Waals surface area contributed by atoms with E-state index in [0.717, 1.165) is 44.9 Å². The minimum absolute atomic E-state index is 0.0899. The molecule has 4 aliphatic rings. The van der Waals surface area contributed by atoms with Crippen LogP contribution in [-0.4, -0.2) is 34.9 Å². The number of carbonyl (C=O) groups is 2. The van der Waals surface area contributed by atoms with Gasteiger partial charge in [-0.1, -0.05) is 13.8 Å². The van der Waals surface area contributed by atoms with Gasteiger partial charge in [0.1, 0.15) is 17.8 Å². The Hall–Kier alpha value is -1.10. The van der Waals surface area contributed by atoms with Gasteiger partial charge in [0.2, 0.25) is 0 Å². The highest BCUT2D eigenvalue weighted by molar-refractivity contribution is 5.66. The van der Waals surface area contributed by atoms with E-state index >= 15 is 0 Å². The van der Waals surface area contributed by atoms with Crippen LogP contribution in [0.5, 0.6) is 0 Å². The number of ether oxygens (including phenoxy) is 2. The van der Waals surface area contributed by atoms with E-state index in [1.807, 2.05) is 6.92 Å². The van der Waals surface area contributed by atoms with Crippen LogP contribution in [0.2, 0.25) is 0 Å². The van der Waals surface area contributed by atoms with Crippen LogP contribution >= 0.6 is 0 Å². The molecular weight excluding hydrogens is 380 g/mol. The van der Waals surface area contributed by atoms with Crippen molar-refractivity contribution in [3.63, 3.8) is 0 Å². The fraction of sp³-hybridized carbons (Fsp3) is 0.920. The maximum absolute atomic E-state index is 11.7. The molecular formula is C25H40O5. The molecule has 0 amide bonds. The molecule has 5 heteroatoms. The van der Waals surface area contributed by atoms with Crippen molar-refractivity contribution in [3.05, 3.63) is 0 Å². The second kappa shape index (κ2) is 7.50. The highest BCUT2D eigenvalue weighted by atomic mass is 16.6. The Morgan fingerprint density at radius 1 is 0.933 bits per heavy atom. The number of hydrogen-bond donors (Lipinski definition) is 1. The molecule has 0 aliphatic heterocycles. The molecule has 4 rings (SSSR count). The van der Waals surface area contributed by atoms with E-state index in [-0.39, 0.29) is 23.5 Å². The summed E-state index contributed by atoms with van der Waals surface area (Å²) in [4.78, 5) is 23.0. The van der Waals surface area contributed by atoms with Crippen LogP contribution in [0.25, 0.3) is 0 Å². The monoisotopic (exact) mass is 420 g/mol. The molecule has 170 valence electrons. The van der Waals surface area contributed by atoms with Gasteiger partial charge in [0, 0.05) is 19.3 Å². The van der Waals surface area contributed by atoms with E-state index in [1.54, 1.807) is 0 Å². The standard InChI is InChI=1S/C25H40O5/c1-15(29-16(2)26)25(28)13-10-22-20-7-6-18-14-19(30-17(3)27)8-11-23(18,4)21(20)9-12-24(22,25)5/h15,18-22,28H,6-14H2,1-5H3/t15-,18-,19-,20-,21+,22-,23+,24+,25-/m1/s1. The normalized spacial score (nSPS) is 48.7. The Labute approximate surface area is 181 Å². The van der Waals surface area contributed by atoms with Crippen molar-refractivity contribution in [2.45, 2.75) is 110 Å². The average Bonchev–Trinajstić information content (AvgIpc) is 2.93. The third kappa shape index (κ3) is 3.22. The first-order chi connectivity index (χ1) is 14.0. The van der Waals surface area contributed by atoms with E-state index in [1.165, 1.54) is 26.7 Å². The average molecular weight is 421 g/mol. The van der Waals surface area contributed by atoms with Gasteiger partial charge in [0.15, 0.2) is 0 Å². The number of esters is 2. The predicted molar refractivity (Wildman–Crippen MR) is 113 cm³/mol. The van der Waals surface area contributed by atoms with E-state index in [2.05, 4.69) is 13.8 Å². The highest BCUT2D eigenvalue weighted by Crippen LogP contribution is 2.68. The molecule has 0 heterocycles. The lowest BCUT2D eigenvalue weighted by Crippen LogP contribution is -2.60. The Balaban J connectivity index is 1.54. The number of aliphatic hydroxyl groups is 1. The smallest absolute Gasteiger partial charge is 0.302 e. The summed E-state index contributed by atoms with van der Waals surface area (Å²) in [6.45, 7) is 9.57. The summed E-state index contributed by atoms with van der Waals surface area (Å²) in [5.41, 5.74) is -0.816.